The highest BCUT2D eigenvalue weighted by atomic mass is 16.3. The van der Waals surface area contributed by atoms with E-state index in [-0.39, 0.29) is 5.75 Å². The highest BCUT2D eigenvalue weighted by molar-refractivity contribution is 6.47. The van der Waals surface area contributed by atoms with E-state index in [1.165, 1.54) is 12.1 Å². The van der Waals surface area contributed by atoms with E-state index < -0.39 is 11.7 Å². The minimum absolute atomic E-state index is 0.0849. The molecule has 0 heterocycles. The molecule has 0 unspecified atom stereocenters. The number of phenols is 1. The Kier molecular flexibility index (Phi) is 4.31. The molecule has 4 heteroatoms. The number of hydrogen-bond donors (Lipinski definition) is 2. The molecule has 0 radical (unpaired) electrons. The predicted molar refractivity (Wildman–Crippen MR) is 86.5 cm³/mol. The van der Waals surface area contributed by atoms with Crippen LogP contribution in [0.3, 0.4) is 0 Å². The summed E-state index contributed by atoms with van der Waals surface area (Å²) >= 11 is 0. The van der Waals surface area contributed by atoms with Gasteiger partial charge in [-0.25, -0.2) is 0 Å². The third kappa shape index (κ3) is 3.01. The molecule has 0 aromatic heterocycles. The van der Waals surface area contributed by atoms with Crippen molar-refractivity contribution in [2.24, 2.45) is 0 Å². The Hall–Kier alpha value is -2.62. The third-order valence-electron chi connectivity index (χ3n) is 3.67. The summed E-state index contributed by atoms with van der Waals surface area (Å²) in [6.45, 7) is 7.16. The Labute approximate surface area is 129 Å². The molecule has 2 aromatic rings. The molecule has 0 fully saturated rings. The monoisotopic (exact) mass is 297 g/mol. The number of carbonyl (C=O) groups excluding carboxylic acids is 2. The zero-order valence-corrected chi connectivity index (χ0v) is 13.2. The molecular weight excluding hydrogens is 278 g/mol. The van der Waals surface area contributed by atoms with Gasteiger partial charge in [0.2, 0.25) is 0 Å². The van der Waals surface area contributed by atoms with Gasteiger partial charge in [-0.3, -0.25) is 9.59 Å². The highest BCUT2D eigenvalue weighted by Gasteiger charge is 2.22. The number of hydrogen-bond acceptors (Lipinski definition) is 3. The number of rotatable bonds is 3. The molecule has 114 valence electrons. The lowest BCUT2D eigenvalue weighted by Gasteiger charge is -2.13. The normalized spacial score (nSPS) is 10.4. The Morgan fingerprint density at radius 2 is 1.41 bits per heavy atom. The van der Waals surface area contributed by atoms with Crippen molar-refractivity contribution in [1.82, 2.24) is 0 Å². The van der Waals surface area contributed by atoms with Crippen molar-refractivity contribution in [2.45, 2.75) is 27.7 Å². The van der Waals surface area contributed by atoms with Crippen LogP contribution in [0.1, 0.15) is 32.6 Å². The number of amides is 1. The van der Waals surface area contributed by atoms with Crippen LogP contribution in [0.25, 0.3) is 0 Å². The topological polar surface area (TPSA) is 66.4 Å². The first kappa shape index (κ1) is 15.8. The number of aromatic hydroxyl groups is 1. The molecular formula is C18H19NO3. The van der Waals surface area contributed by atoms with Gasteiger partial charge < -0.3 is 10.4 Å². The van der Waals surface area contributed by atoms with Crippen LogP contribution < -0.4 is 5.32 Å². The van der Waals surface area contributed by atoms with Crippen molar-refractivity contribution in [3.05, 3.63) is 58.1 Å². The van der Waals surface area contributed by atoms with E-state index in [2.05, 4.69) is 5.32 Å². The van der Waals surface area contributed by atoms with E-state index in [9.17, 15) is 14.7 Å². The fourth-order valence-corrected chi connectivity index (χ4v) is 2.59. The van der Waals surface area contributed by atoms with Gasteiger partial charge in [-0.1, -0.05) is 18.2 Å². The Bertz CT molecular complexity index is 720. The summed E-state index contributed by atoms with van der Waals surface area (Å²) in [7, 11) is 0. The summed E-state index contributed by atoms with van der Waals surface area (Å²) < 4.78 is 0. The van der Waals surface area contributed by atoms with Crippen LogP contribution in [0.5, 0.6) is 5.75 Å². The SMILES string of the molecule is Cc1cccc(C)c1NC(=O)C(=O)c1c(C)cc(O)cc1C. The third-order valence-corrected chi connectivity index (χ3v) is 3.67. The lowest BCUT2D eigenvalue weighted by Crippen LogP contribution is -2.25. The molecule has 0 bridgehead atoms. The summed E-state index contributed by atoms with van der Waals surface area (Å²) in [6.07, 6.45) is 0. The van der Waals surface area contributed by atoms with Crippen molar-refractivity contribution >= 4 is 17.4 Å². The molecule has 1 amide bonds. The van der Waals surface area contributed by atoms with Gasteiger partial charge in [0.1, 0.15) is 5.75 Å². The van der Waals surface area contributed by atoms with Gasteiger partial charge in [0.15, 0.2) is 0 Å². The van der Waals surface area contributed by atoms with Crippen LogP contribution in [-0.2, 0) is 4.79 Å². The molecule has 0 aliphatic carbocycles. The second-order valence-corrected chi connectivity index (χ2v) is 5.50. The largest absolute Gasteiger partial charge is 0.508 e. The van der Waals surface area contributed by atoms with E-state index in [1.807, 2.05) is 32.0 Å². The molecule has 0 aliphatic rings. The lowest BCUT2D eigenvalue weighted by molar-refractivity contribution is -0.112. The second-order valence-electron chi connectivity index (χ2n) is 5.50. The summed E-state index contributed by atoms with van der Waals surface area (Å²) in [5.74, 6) is -1.19. The molecule has 0 saturated carbocycles. The molecule has 2 rings (SSSR count). The average molecular weight is 297 g/mol. The summed E-state index contributed by atoms with van der Waals surface area (Å²) in [4.78, 5) is 24.7. The van der Waals surface area contributed by atoms with Crippen LogP contribution in [0, 0.1) is 27.7 Å². The molecule has 2 aromatic carbocycles. The van der Waals surface area contributed by atoms with Crippen LogP contribution in [0.2, 0.25) is 0 Å². The second kappa shape index (κ2) is 6.02. The van der Waals surface area contributed by atoms with Gasteiger partial charge in [0.25, 0.3) is 11.7 Å². The van der Waals surface area contributed by atoms with Gasteiger partial charge in [-0.05, 0) is 62.1 Å². The number of ketones is 1. The van der Waals surface area contributed by atoms with Gasteiger partial charge in [-0.2, -0.15) is 0 Å². The van der Waals surface area contributed by atoms with Crippen molar-refractivity contribution in [3.8, 4) is 5.75 Å². The van der Waals surface area contributed by atoms with Crippen LogP contribution in [-0.4, -0.2) is 16.8 Å². The molecule has 4 nitrogen and oxygen atoms in total. The number of aryl methyl sites for hydroxylation is 4. The number of para-hydroxylation sites is 1. The average Bonchev–Trinajstić information content (AvgIpc) is 2.41. The van der Waals surface area contributed by atoms with Crippen LogP contribution >= 0.6 is 0 Å². The first-order valence-electron chi connectivity index (χ1n) is 7.03. The maximum Gasteiger partial charge on any atom is 0.296 e. The smallest absolute Gasteiger partial charge is 0.296 e. The molecule has 22 heavy (non-hydrogen) atoms. The quantitative estimate of drug-likeness (QED) is 0.673. The van der Waals surface area contributed by atoms with Crippen molar-refractivity contribution < 1.29 is 14.7 Å². The van der Waals surface area contributed by atoms with Crippen molar-refractivity contribution in [2.75, 3.05) is 5.32 Å². The molecule has 0 spiro atoms. The van der Waals surface area contributed by atoms with E-state index in [4.69, 9.17) is 0 Å². The molecule has 0 atom stereocenters. The fourth-order valence-electron chi connectivity index (χ4n) is 2.59. The minimum atomic E-state index is -0.672. The Balaban J connectivity index is 2.33. The van der Waals surface area contributed by atoms with E-state index in [0.717, 1.165) is 11.1 Å². The first-order valence-corrected chi connectivity index (χ1v) is 7.03. The van der Waals surface area contributed by atoms with Gasteiger partial charge >= 0.3 is 0 Å². The summed E-state index contributed by atoms with van der Waals surface area (Å²) in [5.41, 5.74) is 3.97. The maximum atomic E-state index is 12.4. The zero-order chi connectivity index (χ0) is 16.4. The number of carbonyl (C=O) groups is 2. The van der Waals surface area contributed by atoms with Crippen LogP contribution in [0.4, 0.5) is 5.69 Å². The standard InChI is InChI=1S/C18H19NO3/c1-10-6-5-7-11(2)16(10)19-18(22)17(21)15-12(3)8-14(20)9-13(15)4/h5-9,20H,1-4H3,(H,19,22). The molecule has 2 N–H and O–H groups in total. The number of phenolic OH excluding ortho intramolecular Hbond substituents is 1. The Morgan fingerprint density at radius 1 is 0.909 bits per heavy atom. The van der Waals surface area contributed by atoms with Gasteiger partial charge in [0, 0.05) is 11.3 Å². The number of Topliss-reactive ketones (excluding diaryl/α,β-unsaturated/α-hetero) is 1. The van der Waals surface area contributed by atoms with Crippen molar-refractivity contribution in [1.29, 1.82) is 0 Å². The van der Waals surface area contributed by atoms with E-state index >= 15 is 0 Å². The molecule has 0 saturated heterocycles. The fraction of sp³-hybridized carbons (Fsp3) is 0.222. The number of anilines is 1. The van der Waals surface area contributed by atoms with Crippen molar-refractivity contribution in [3.63, 3.8) is 0 Å². The van der Waals surface area contributed by atoms with E-state index in [0.29, 0.717) is 22.4 Å². The molecule has 0 aliphatic heterocycles. The highest BCUT2D eigenvalue weighted by Crippen LogP contribution is 2.23. The maximum absolute atomic E-state index is 12.4. The first-order chi connectivity index (χ1) is 10.3. The van der Waals surface area contributed by atoms with Gasteiger partial charge in [-0.15, -0.1) is 0 Å². The predicted octanol–water partition coefficient (Wildman–Crippen LogP) is 3.45. The van der Waals surface area contributed by atoms with Crippen LogP contribution in [0.15, 0.2) is 30.3 Å². The summed E-state index contributed by atoms with van der Waals surface area (Å²) in [5, 5.41) is 12.2. The summed E-state index contributed by atoms with van der Waals surface area (Å²) in [6, 6.07) is 8.61. The number of benzene rings is 2. The minimum Gasteiger partial charge on any atom is -0.508 e. The zero-order valence-electron chi connectivity index (χ0n) is 13.2. The van der Waals surface area contributed by atoms with Gasteiger partial charge in [0.05, 0.1) is 0 Å². The lowest BCUT2D eigenvalue weighted by atomic mass is 9.98. The Morgan fingerprint density at radius 3 is 1.91 bits per heavy atom. The van der Waals surface area contributed by atoms with E-state index in [1.54, 1.807) is 13.8 Å². The number of nitrogens with one attached hydrogen (secondary N) is 1.